The van der Waals surface area contributed by atoms with E-state index in [1.54, 1.807) is 7.11 Å². The van der Waals surface area contributed by atoms with Crippen LogP contribution in [0.3, 0.4) is 0 Å². The van der Waals surface area contributed by atoms with Gasteiger partial charge in [0.2, 0.25) is 0 Å². The van der Waals surface area contributed by atoms with Gasteiger partial charge in [0.05, 0.1) is 30.2 Å². The number of ether oxygens (including phenoxy) is 2. The zero-order valence-electron chi connectivity index (χ0n) is 14.9. The lowest BCUT2D eigenvalue weighted by atomic mass is 10.0. The minimum absolute atomic E-state index is 0.347. The Labute approximate surface area is 147 Å². The van der Waals surface area contributed by atoms with Gasteiger partial charge in [-0.1, -0.05) is 0 Å². The summed E-state index contributed by atoms with van der Waals surface area (Å²) < 4.78 is 10.8. The fourth-order valence-electron chi connectivity index (χ4n) is 3.25. The Bertz CT molecular complexity index is 722. The first-order valence-electron chi connectivity index (χ1n) is 8.93. The van der Waals surface area contributed by atoms with Crippen LogP contribution in [0.4, 0.5) is 5.82 Å². The van der Waals surface area contributed by atoms with Crippen LogP contribution in [0.1, 0.15) is 54.0 Å². The van der Waals surface area contributed by atoms with E-state index < -0.39 is 0 Å². The topological polar surface area (TPSA) is 76.2 Å². The SMILES string of the molecule is COCc1nc([C@@H]2CCOC2)cc(N(C)Cc2cc(C3CC3)n[nH]2)n1. The van der Waals surface area contributed by atoms with Crippen LogP contribution >= 0.6 is 0 Å². The van der Waals surface area contributed by atoms with Gasteiger partial charge in [-0.2, -0.15) is 5.10 Å². The molecule has 7 nitrogen and oxygen atoms in total. The maximum absolute atomic E-state index is 5.52. The van der Waals surface area contributed by atoms with Crippen molar-refractivity contribution in [1.82, 2.24) is 20.2 Å². The lowest BCUT2D eigenvalue weighted by Gasteiger charge is -2.20. The van der Waals surface area contributed by atoms with E-state index in [4.69, 9.17) is 9.47 Å². The molecule has 1 aliphatic carbocycles. The molecule has 4 rings (SSSR count). The van der Waals surface area contributed by atoms with Crippen molar-refractivity contribution in [2.75, 3.05) is 32.3 Å². The molecule has 2 fully saturated rings. The lowest BCUT2D eigenvalue weighted by molar-refractivity contribution is 0.177. The number of rotatable bonds is 7. The number of aromatic nitrogens is 4. The third-order valence-corrected chi connectivity index (χ3v) is 4.85. The Balaban J connectivity index is 1.53. The molecule has 2 aromatic rings. The van der Waals surface area contributed by atoms with E-state index >= 15 is 0 Å². The Morgan fingerprint density at radius 2 is 2.08 bits per heavy atom. The second kappa shape index (κ2) is 7.09. The Kier molecular flexibility index (Phi) is 4.67. The van der Waals surface area contributed by atoms with Crippen molar-refractivity contribution in [2.45, 2.75) is 44.2 Å². The zero-order chi connectivity index (χ0) is 17.2. The fraction of sp³-hybridized carbons (Fsp3) is 0.611. The van der Waals surface area contributed by atoms with Gasteiger partial charge in [-0.3, -0.25) is 5.10 Å². The first-order valence-corrected chi connectivity index (χ1v) is 8.93. The third-order valence-electron chi connectivity index (χ3n) is 4.85. The highest BCUT2D eigenvalue weighted by molar-refractivity contribution is 5.40. The van der Waals surface area contributed by atoms with Crippen LogP contribution in [-0.4, -0.2) is 47.5 Å². The molecule has 0 unspecified atom stereocenters. The van der Waals surface area contributed by atoms with Gasteiger partial charge >= 0.3 is 0 Å². The van der Waals surface area contributed by atoms with Crippen molar-refractivity contribution in [3.63, 3.8) is 0 Å². The second-order valence-electron chi connectivity index (χ2n) is 7.01. The Morgan fingerprint density at radius 3 is 2.80 bits per heavy atom. The molecule has 1 saturated carbocycles. The molecule has 3 heterocycles. The smallest absolute Gasteiger partial charge is 0.156 e. The van der Waals surface area contributed by atoms with E-state index in [1.807, 2.05) is 7.05 Å². The van der Waals surface area contributed by atoms with Crippen LogP contribution in [0.5, 0.6) is 0 Å². The molecule has 0 amide bonds. The summed E-state index contributed by atoms with van der Waals surface area (Å²) in [4.78, 5) is 11.5. The molecular formula is C18H25N5O2. The highest BCUT2D eigenvalue weighted by Crippen LogP contribution is 2.39. The van der Waals surface area contributed by atoms with Crippen molar-refractivity contribution in [2.24, 2.45) is 0 Å². The van der Waals surface area contributed by atoms with Crippen LogP contribution < -0.4 is 4.90 Å². The summed E-state index contributed by atoms with van der Waals surface area (Å²) in [7, 11) is 3.72. The number of nitrogens with one attached hydrogen (secondary N) is 1. The lowest BCUT2D eigenvalue weighted by Crippen LogP contribution is -2.20. The Morgan fingerprint density at radius 1 is 1.20 bits per heavy atom. The average Bonchev–Trinajstić information content (AvgIpc) is 3.12. The minimum atomic E-state index is 0.347. The molecule has 7 heteroatoms. The van der Waals surface area contributed by atoms with E-state index in [1.165, 1.54) is 18.5 Å². The van der Waals surface area contributed by atoms with Crippen LogP contribution in [0.25, 0.3) is 0 Å². The van der Waals surface area contributed by atoms with Crippen molar-refractivity contribution in [3.8, 4) is 0 Å². The average molecular weight is 343 g/mol. The van der Waals surface area contributed by atoms with Gasteiger partial charge in [0.1, 0.15) is 12.4 Å². The van der Waals surface area contributed by atoms with Crippen LogP contribution in [0.2, 0.25) is 0 Å². The Hall–Kier alpha value is -1.99. The first-order chi connectivity index (χ1) is 12.2. The maximum Gasteiger partial charge on any atom is 0.156 e. The first kappa shape index (κ1) is 16.5. The quantitative estimate of drug-likeness (QED) is 0.832. The number of anilines is 1. The molecule has 2 aliphatic rings. The monoisotopic (exact) mass is 343 g/mol. The number of aromatic amines is 1. The van der Waals surface area contributed by atoms with Crippen LogP contribution in [0, 0.1) is 0 Å². The molecule has 1 saturated heterocycles. The zero-order valence-corrected chi connectivity index (χ0v) is 14.9. The predicted molar refractivity (Wildman–Crippen MR) is 93.6 cm³/mol. The number of methoxy groups -OCH3 is 1. The summed E-state index contributed by atoms with van der Waals surface area (Å²) in [5, 5.41) is 7.59. The third kappa shape index (κ3) is 3.82. The molecule has 0 aromatic carbocycles. The van der Waals surface area contributed by atoms with Gasteiger partial charge in [0.25, 0.3) is 0 Å². The summed E-state index contributed by atoms with van der Waals surface area (Å²) >= 11 is 0. The van der Waals surface area contributed by atoms with E-state index in [0.717, 1.165) is 49.2 Å². The molecular weight excluding hydrogens is 318 g/mol. The normalized spacial score (nSPS) is 20.2. The summed E-state index contributed by atoms with van der Waals surface area (Å²) in [5.74, 6) is 2.64. The molecule has 0 radical (unpaired) electrons. The highest BCUT2D eigenvalue weighted by Gasteiger charge is 2.26. The standard InChI is InChI=1S/C18H25N5O2/c1-23(9-14-7-16(22-21-14)12-3-4-12)18-8-15(13-5-6-25-10-13)19-17(20-18)11-24-2/h7-8,12-13H,3-6,9-11H2,1-2H3,(H,21,22)/t13-/m1/s1. The molecule has 2 aromatic heterocycles. The molecule has 1 atom stereocenters. The summed E-state index contributed by atoms with van der Waals surface area (Å²) in [6.07, 6.45) is 3.54. The molecule has 1 aliphatic heterocycles. The molecule has 25 heavy (non-hydrogen) atoms. The highest BCUT2D eigenvalue weighted by atomic mass is 16.5. The number of nitrogens with zero attached hydrogens (tertiary/aromatic N) is 4. The molecule has 0 spiro atoms. The maximum atomic E-state index is 5.52. The van der Waals surface area contributed by atoms with Gasteiger partial charge in [-0.25, -0.2) is 9.97 Å². The van der Waals surface area contributed by atoms with Gasteiger partial charge in [0.15, 0.2) is 5.82 Å². The van der Waals surface area contributed by atoms with Crippen molar-refractivity contribution in [1.29, 1.82) is 0 Å². The predicted octanol–water partition coefficient (Wildman–Crippen LogP) is 2.36. The van der Waals surface area contributed by atoms with Gasteiger partial charge in [0, 0.05) is 38.7 Å². The fourth-order valence-corrected chi connectivity index (χ4v) is 3.25. The van der Waals surface area contributed by atoms with E-state index in [0.29, 0.717) is 18.4 Å². The largest absolute Gasteiger partial charge is 0.381 e. The summed E-state index contributed by atoms with van der Waals surface area (Å²) in [5.41, 5.74) is 3.35. The number of hydrogen-bond donors (Lipinski definition) is 1. The van der Waals surface area contributed by atoms with E-state index in [9.17, 15) is 0 Å². The van der Waals surface area contributed by atoms with E-state index in [2.05, 4.69) is 37.2 Å². The molecule has 134 valence electrons. The van der Waals surface area contributed by atoms with Crippen molar-refractivity contribution >= 4 is 5.82 Å². The van der Waals surface area contributed by atoms with Gasteiger partial charge < -0.3 is 14.4 Å². The van der Waals surface area contributed by atoms with Gasteiger partial charge in [-0.15, -0.1) is 0 Å². The summed E-state index contributed by atoms with van der Waals surface area (Å²) in [6, 6.07) is 4.26. The van der Waals surface area contributed by atoms with Crippen LogP contribution in [-0.2, 0) is 22.6 Å². The minimum Gasteiger partial charge on any atom is -0.381 e. The van der Waals surface area contributed by atoms with Gasteiger partial charge in [-0.05, 0) is 25.3 Å². The van der Waals surface area contributed by atoms with Crippen molar-refractivity contribution < 1.29 is 9.47 Å². The van der Waals surface area contributed by atoms with Crippen molar-refractivity contribution in [3.05, 3.63) is 35.0 Å². The second-order valence-corrected chi connectivity index (χ2v) is 7.01. The molecule has 1 N–H and O–H groups in total. The van der Waals surface area contributed by atoms with E-state index in [-0.39, 0.29) is 0 Å². The molecule has 0 bridgehead atoms. The number of hydrogen-bond acceptors (Lipinski definition) is 6. The van der Waals surface area contributed by atoms with Crippen LogP contribution in [0.15, 0.2) is 12.1 Å². The number of H-pyrrole nitrogens is 1. The summed E-state index contributed by atoms with van der Waals surface area (Å²) in [6.45, 7) is 2.69.